The number of aryl methyl sites for hydroxylation is 2. The first-order valence-electron chi connectivity index (χ1n) is 8.58. The highest BCUT2D eigenvalue weighted by atomic mass is 16.5. The number of carbonyl (C=O) groups excluding carboxylic acids is 2. The van der Waals surface area contributed by atoms with Crippen molar-refractivity contribution in [3.63, 3.8) is 0 Å². The van der Waals surface area contributed by atoms with Gasteiger partial charge in [0.1, 0.15) is 0 Å². The molecule has 0 N–H and O–H groups in total. The fourth-order valence-electron chi connectivity index (χ4n) is 3.05. The number of nitrogens with zero attached hydrogens (tertiary/aromatic N) is 3. The maximum absolute atomic E-state index is 12.6. The highest BCUT2D eigenvalue weighted by Gasteiger charge is 2.29. The Balaban J connectivity index is 1.60. The molecule has 0 radical (unpaired) electrons. The van der Waals surface area contributed by atoms with Crippen molar-refractivity contribution in [3.05, 3.63) is 53.9 Å². The normalized spacial score (nSPS) is 17.5. The van der Waals surface area contributed by atoms with Crippen molar-refractivity contribution in [3.8, 4) is 0 Å². The standard InChI is InChI=1S/C19H23N3O3/c1-15-12-20-21(13-15)8-7-19(24)22-9-10-25-14-17(22)11-18(23)16-5-3-2-4-6-16/h2-6,12-13,17H,7-11,14H2,1H3/t17-/m1/s1. The lowest BCUT2D eigenvalue weighted by Gasteiger charge is -2.35. The molecule has 1 aromatic carbocycles. The number of rotatable bonds is 6. The molecule has 1 amide bonds. The number of ether oxygens (including phenoxy) is 1. The molecular weight excluding hydrogens is 318 g/mol. The Hall–Kier alpha value is -2.47. The van der Waals surface area contributed by atoms with Crippen molar-refractivity contribution < 1.29 is 14.3 Å². The van der Waals surface area contributed by atoms with Gasteiger partial charge in [0.25, 0.3) is 0 Å². The van der Waals surface area contributed by atoms with E-state index < -0.39 is 0 Å². The summed E-state index contributed by atoms with van der Waals surface area (Å²) in [6.07, 6.45) is 4.36. The first kappa shape index (κ1) is 17.4. The fourth-order valence-corrected chi connectivity index (χ4v) is 3.05. The van der Waals surface area contributed by atoms with E-state index in [1.165, 1.54) is 0 Å². The third-order valence-electron chi connectivity index (χ3n) is 4.38. The van der Waals surface area contributed by atoms with Gasteiger partial charge in [-0.1, -0.05) is 30.3 Å². The number of hydrogen-bond acceptors (Lipinski definition) is 4. The van der Waals surface area contributed by atoms with Crippen LogP contribution in [0.1, 0.15) is 28.8 Å². The molecule has 6 heteroatoms. The van der Waals surface area contributed by atoms with Crippen LogP contribution in [-0.2, 0) is 16.1 Å². The smallest absolute Gasteiger partial charge is 0.224 e. The van der Waals surface area contributed by atoms with Crippen LogP contribution in [0.25, 0.3) is 0 Å². The molecule has 0 aliphatic carbocycles. The number of ketones is 1. The van der Waals surface area contributed by atoms with Gasteiger partial charge in [0.05, 0.1) is 25.5 Å². The number of amides is 1. The maximum atomic E-state index is 12.6. The summed E-state index contributed by atoms with van der Waals surface area (Å²) in [5.41, 5.74) is 1.75. The van der Waals surface area contributed by atoms with Crippen LogP contribution >= 0.6 is 0 Å². The second-order valence-corrected chi connectivity index (χ2v) is 6.34. The second-order valence-electron chi connectivity index (χ2n) is 6.34. The Labute approximate surface area is 147 Å². The van der Waals surface area contributed by atoms with Crippen LogP contribution in [0, 0.1) is 6.92 Å². The zero-order chi connectivity index (χ0) is 17.6. The summed E-state index contributed by atoms with van der Waals surface area (Å²) in [6, 6.07) is 8.98. The molecule has 0 bridgehead atoms. The van der Waals surface area contributed by atoms with Crippen molar-refractivity contribution in [1.29, 1.82) is 0 Å². The van der Waals surface area contributed by atoms with Gasteiger partial charge in [-0.05, 0) is 12.5 Å². The number of aromatic nitrogens is 2. The van der Waals surface area contributed by atoms with E-state index in [1.807, 2.05) is 31.3 Å². The number of morpholine rings is 1. The van der Waals surface area contributed by atoms with E-state index in [1.54, 1.807) is 27.9 Å². The second kappa shape index (κ2) is 8.07. The predicted octanol–water partition coefficient (Wildman–Crippen LogP) is 2.08. The topological polar surface area (TPSA) is 64.4 Å². The van der Waals surface area contributed by atoms with E-state index in [0.29, 0.717) is 38.3 Å². The molecule has 2 heterocycles. The molecule has 0 saturated carbocycles. The van der Waals surface area contributed by atoms with E-state index in [-0.39, 0.29) is 24.2 Å². The summed E-state index contributed by atoms with van der Waals surface area (Å²) in [5.74, 6) is 0.0823. The number of benzene rings is 1. The Kier molecular flexibility index (Phi) is 5.60. The molecule has 0 unspecified atom stereocenters. The Morgan fingerprint density at radius 3 is 2.80 bits per heavy atom. The summed E-state index contributed by atoms with van der Waals surface area (Å²) in [4.78, 5) is 26.9. The van der Waals surface area contributed by atoms with Gasteiger partial charge in [-0.25, -0.2) is 0 Å². The largest absolute Gasteiger partial charge is 0.377 e. The SMILES string of the molecule is Cc1cnn(CCC(=O)N2CCOC[C@H]2CC(=O)c2ccccc2)c1. The van der Waals surface area contributed by atoms with Gasteiger partial charge in [-0.15, -0.1) is 0 Å². The van der Waals surface area contributed by atoms with Gasteiger partial charge < -0.3 is 9.64 Å². The molecule has 1 aliphatic heterocycles. The molecule has 2 aromatic rings. The molecule has 1 fully saturated rings. The van der Waals surface area contributed by atoms with E-state index >= 15 is 0 Å². The van der Waals surface area contributed by atoms with Gasteiger partial charge in [0.15, 0.2) is 5.78 Å². The summed E-state index contributed by atoms with van der Waals surface area (Å²) in [6.45, 7) is 3.97. The fraction of sp³-hybridized carbons (Fsp3) is 0.421. The monoisotopic (exact) mass is 341 g/mol. The minimum atomic E-state index is -0.201. The van der Waals surface area contributed by atoms with Crippen LogP contribution in [0.15, 0.2) is 42.7 Å². The van der Waals surface area contributed by atoms with Gasteiger partial charge in [0.2, 0.25) is 5.91 Å². The van der Waals surface area contributed by atoms with Crippen molar-refractivity contribution in [2.75, 3.05) is 19.8 Å². The van der Waals surface area contributed by atoms with Gasteiger partial charge in [0, 0.05) is 37.7 Å². The minimum absolute atomic E-state index is 0.0385. The van der Waals surface area contributed by atoms with Crippen molar-refractivity contribution >= 4 is 11.7 Å². The summed E-state index contributed by atoms with van der Waals surface area (Å²) < 4.78 is 7.28. The molecule has 0 spiro atoms. The van der Waals surface area contributed by atoms with E-state index in [9.17, 15) is 9.59 Å². The summed E-state index contributed by atoms with van der Waals surface area (Å²) in [7, 11) is 0. The number of hydrogen-bond donors (Lipinski definition) is 0. The average molecular weight is 341 g/mol. The van der Waals surface area contributed by atoms with Crippen LogP contribution in [0.4, 0.5) is 0 Å². The Bertz CT molecular complexity index is 727. The third-order valence-corrected chi connectivity index (χ3v) is 4.38. The lowest BCUT2D eigenvalue weighted by Crippen LogP contribution is -2.49. The van der Waals surface area contributed by atoms with E-state index in [0.717, 1.165) is 5.56 Å². The zero-order valence-electron chi connectivity index (χ0n) is 14.4. The number of carbonyl (C=O) groups is 2. The van der Waals surface area contributed by atoms with Gasteiger partial charge in [-0.3, -0.25) is 14.3 Å². The van der Waals surface area contributed by atoms with E-state index in [2.05, 4.69) is 5.10 Å². The first-order valence-corrected chi connectivity index (χ1v) is 8.58. The zero-order valence-corrected chi connectivity index (χ0v) is 14.4. The quantitative estimate of drug-likeness (QED) is 0.755. The molecule has 1 saturated heterocycles. The third kappa shape index (κ3) is 4.54. The maximum Gasteiger partial charge on any atom is 0.224 e. The highest BCUT2D eigenvalue weighted by molar-refractivity contribution is 5.96. The lowest BCUT2D eigenvalue weighted by atomic mass is 10.0. The average Bonchev–Trinajstić information content (AvgIpc) is 3.06. The van der Waals surface area contributed by atoms with Crippen LogP contribution in [0.5, 0.6) is 0 Å². The molecule has 132 valence electrons. The van der Waals surface area contributed by atoms with Gasteiger partial charge >= 0.3 is 0 Å². The number of Topliss-reactive ketones (excluding diaryl/α,β-unsaturated/α-hetero) is 1. The summed E-state index contributed by atoms with van der Waals surface area (Å²) >= 11 is 0. The minimum Gasteiger partial charge on any atom is -0.377 e. The van der Waals surface area contributed by atoms with Gasteiger partial charge in [-0.2, -0.15) is 5.10 Å². The molecule has 3 rings (SSSR count). The molecule has 6 nitrogen and oxygen atoms in total. The van der Waals surface area contributed by atoms with Crippen LogP contribution < -0.4 is 0 Å². The van der Waals surface area contributed by atoms with E-state index in [4.69, 9.17) is 4.74 Å². The first-order chi connectivity index (χ1) is 12.1. The Morgan fingerprint density at radius 2 is 2.08 bits per heavy atom. The molecule has 25 heavy (non-hydrogen) atoms. The van der Waals surface area contributed by atoms with Crippen LogP contribution in [0.3, 0.4) is 0 Å². The van der Waals surface area contributed by atoms with Crippen molar-refractivity contribution in [1.82, 2.24) is 14.7 Å². The molecule has 1 aliphatic rings. The molecular formula is C19H23N3O3. The molecule has 1 aromatic heterocycles. The van der Waals surface area contributed by atoms with Crippen molar-refractivity contribution in [2.24, 2.45) is 0 Å². The van der Waals surface area contributed by atoms with Crippen LogP contribution in [0.2, 0.25) is 0 Å². The highest BCUT2D eigenvalue weighted by Crippen LogP contribution is 2.16. The molecule has 1 atom stereocenters. The lowest BCUT2D eigenvalue weighted by molar-refractivity contribution is -0.139. The van der Waals surface area contributed by atoms with Crippen LogP contribution in [-0.4, -0.2) is 52.2 Å². The van der Waals surface area contributed by atoms with Crippen molar-refractivity contribution in [2.45, 2.75) is 32.4 Å². The predicted molar refractivity (Wildman–Crippen MR) is 93.3 cm³/mol. The Morgan fingerprint density at radius 1 is 1.28 bits per heavy atom. The summed E-state index contributed by atoms with van der Waals surface area (Å²) in [5, 5.41) is 4.21.